The second-order valence-corrected chi connectivity index (χ2v) is 5.87. The van der Waals surface area contributed by atoms with E-state index in [1.165, 1.54) is 0 Å². The molecule has 136 valence electrons. The maximum Gasteiger partial charge on any atom is 0.243 e. The Kier molecular flexibility index (Phi) is 6.76. The Labute approximate surface area is 146 Å². The van der Waals surface area contributed by atoms with E-state index in [-0.39, 0.29) is 24.7 Å². The first-order valence-electron chi connectivity index (χ1n) is 8.24. The molecular weight excluding hydrogens is 324 g/mol. The predicted octanol–water partition coefficient (Wildman–Crippen LogP) is -0.185. The molecule has 0 saturated carbocycles. The van der Waals surface area contributed by atoms with Gasteiger partial charge in [-0.1, -0.05) is 18.2 Å². The quantitative estimate of drug-likeness (QED) is 0.321. The lowest BCUT2D eigenvalue weighted by Crippen LogP contribution is -2.51. The summed E-state index contributed by atoms with van der Waals surface area (Å²) in [5.41, 5.74) is 2.97. The van der Waals surface area contributed by atoms with Gasteiger partial charge in [0, 0.05) is 26.2 Å². The van der Waals surface area contributed by atoms with Crippen molar-refractivity contribution in [3.05, 3.63) is 29.8 Å². The zero-order chi connectivity index (χ0) is 18.2. The number of piperazine rings is 1. The molecule has 0 bridgehead atoms. The minimum absolute atomic E-state index is 0.000356. The van der Waals surface area contributed by atoms with E-state index >= 15 is 0 Å². The van der Waals surface area contributed by atoms with Crippen LogP contribution in [-0.2, 0) is 14.4 Å². The van der Waals surface area contributed by atoms with Gasteiger partial charge in [-0.15, -0.1) is 0 Å². The molecule has 0 unspecified atom stereocenters. The number of hydrogen-bond donors (Lipinski definition) is 2. The molecule has 3 amide bonds. The van der Waals surface area contributed by atoms with Crippen molar-refractivity contribution in [2.45, 2.75) is 19.8 Å². The summed E-state index contributed by atoms with van der Waals surface area (Å²) < 4.78 is 5.65. The third-order valence-corrected chi connectivity index (χ3v) is 4.12. The highest BCUT2D eigenvalue weighted by molar-refractivity contribution is 5.96. The Morgan fingerprint density at radius 1 is 1.08 bits per heavy atom. The molecule has 0 aromatic heterocycles. The van der Waals surface area contributed by atoms with E-state index in [0.717, 1.165) is 11.3 Å². The van der Waals surface area contributed by atoms with E-state index in [0.29, 0.717) is 32.8 Å². The predicted molar refractivity (Wildman–Crippen MR) is 91.4 cm³/mol. The lowest BCUT2D eigenvalue weighted by molar-refractivity contribution is -0.142. The fraction of sp³-hybridized carbons (Fsp3) is 0.471. The van der Waals surface area contributed by atoms with E-state index in [1.54, 1.807) is 9.80 Å². The molecule has 1 aliphatic heterocycles. The molecule has 3 N–H and O–H groups in total. The van der Waals surface area contributed by atoms with Crippen LogP contribution in [0.4, 0.5) is 0 Å². The molecule has 25 heavy (non-hydrogen) atoms. The van der Waals surface area contributed by atoms with E-state index in [2.05, 4.69) is 0 Å². The van der Waals surface area contributed by atoms with Crippen molar-refractivity contribution in [3.63, 3.8) is 0 Å². The van der Waals surface area contributed by atoms with Crippen LogP contribution in [-0.4, -0.2) is 60.3 Å². The number of para-hydroxylation sites is 1. The molecule has 1 fully saturated rings. The number of carbonyl (C=O) groups is 3. The summed E-state index contributed by atoms with van der Waals surface area (Å²) in [7, 11) is 0. The Hall–Kier alpha value is -2.61. The van der Waals surface area contributed by atoms with Crippen LogP contribution in [0.15, 0.2) is 24.3 Å². The number of aryl methyl sites for hydroxylation is 1. The fourth-order valence-corrected chi connectivity index (χ4v) is 2.63. The van der Waals surface area contributed by atoms with Crippen molar-refractivity contribution < 1.29 is 19.1 Å². The van der Waals surface area contributed by atoms with Crippen LogP contribution in [0.1, 0.15) is 18.4 Å². The lowest BCUT2D eigenvalue weighted by atomic mass is 10.2. The van der Waals surface area contributed by atoms with E-state index < -0.39 is 5.91 Å². The van der Waals surface area contributed by atoms with Crippen LogP contribution in [0, 0.1) is 6.92 Å². The topological polar surface area (TPSA) is 105 Å². The highest BCUT2D eigenvalue weighted by atomic mass is 16.5. The smallest absolute Gasteiger partial charge is 0.243 e. The molecule has 1 aliphatic rings. The fourth-order valence-electron chi connectivity index (χ4n) is 2.63. The molecule has 0 aliphatic carbocycles. The van der Waals surface area contributed by atoms with Gasteiger partial charge in [-0.3, -0.25) is 19.8 Å². The van der Waals surface area contributed by atoms with Crippen LogP contribution < -0.4 is 16.0 Å². The molecular formula is C17H24N4O4. The van der Waals surface area contributed by atoms with Gasteiger partial charge in [0.25, 0.3) is 0 Å². The molecule has 0 atom stereocenters. The number of nitrogens with zero attached hydrogens (tertiary/aromatic N) is 2. The number of ether oxygens (including phenoxy) is 1. The number of amides is 3. The molecule has 1 saturated heterocycles. The standard InChI is InChI=1S/C17H24N4O4/c1-13-4-2-3-5-14(13)25-11-6-16(23)20-7-9-21(10-8-20)17(24)12-15(22)19-18/h2-5H,6-12,18H2,1H3,(H,19,22). The second-order valence-electron chi connectivity index (χ2n) is 5.87. The molecule has 8 nitrogen and oxygen atoms in total. The van der Waals surface area contributed by atoms with Crippen molar-refractivity contribution in [2.75, 3.05) is 32.8 Å². The van der Waals surface area contributed by atoms with Gasteiger partial charge in [0.2, 0.25) is 17.7 Å². The van der Waals surface area contributed by atoms with Gasteiger partial charge in [0.05, 0.1) is 13.0 Å². The minimum atomic E-state index is -0.517. The molecule has 0 spiro atoms. The second kappa shape index (κ2) is 9.03. The van der Waals surface area contributed by atoms with Crippen LogP contribution in [0.3, 0.4) is 0 Å². The third kappa shape index (κ3) is 5.46. The van der Waals surface area contributed by atoms with Gasteiger partial charge in [-0.2, -0.15) is 0 Å². The zero-order valence-corrected chi connectivity index (χ0v) is 14.4. The van der Waals surface area contributed by atoms with Gasteiger partial charge >= 0.3 is 0 Å². The number of benzene rings is 1. The normalized spacial score (nSPS) is 14.2. The van der Waals surface area contributed by atoms with Gasteiger partial charge in [0.1, 0.15) is 12.2 Å². The Morgan fingerprint density at radius 3 is 2.28 bits per heavy atom. The molecule has 0 radical (unpaired) electrons. The summed E-state index contributed by atoms with van der Waals surface area (Å²) in [4.78, 5) is 38.5. The summed E-state index contributed by atoms with van der Waals surface area (Å²) in [6, 6.07) is 7.66. The van der Waals surface area contributed by atoms with E-state index in [1.807, 2.05) is 36.6 Å². The van der Waals surface area contributed by atoms with E-state index in [9.17, 15) is 14.4 Å². The maximum atomic E-state index is 12.2. The van der Waals surface area contributed by atoms with Crippen LogP contribution >= 0.6 is 0 Å². The van der Waals surface area contributed by atoms with Gasteiger partial charge in [0.15, 0.2) is 0 Å². The molecule has 1 heterocycles. The SMILES string of the molecule is Cc1ccccc1OCCC(=O)N1CCN(C(=O)CC(=O)NN)CC1. The first-order chi connectivity index (χ1) is 12.0. The summed E-state index contributed by atoms with van der Waals surface area (Å²) in [5, 5.41) is 0. The largest absolute Gasteiger partial charge is 0.493 e. The molecule has 1 aromatic rings. The van der Waals surface area contributed by atoms with Crippen LogP contribution in [0.2, 0.25) is 0 Å². The highest BCUT2D eigenvalue weighted by Crippen LogP contribution is 2.16. The van der Waals surface area contributed by atoms with Crippen LogP contribution in [0.5, 0.6) is 5.75 Å². The lowest BCUT2D eigenvalue weighted by Gasteiger charge is -2.34. The van der Waals surface area contributed by atoms with Gasteiger partial charge < -0.3 is 14.5 Å². The Balaban J connectivity index is 1.71. The summed E-state index contributed by atoms with van der Waals surface area (Å²) >= 11 is 0. The van der Waals surface area contributed by atoms with Crippen molar-refractivity contribution >= 4 is 17.7 Å². The van der Waals surface area contributed by atoms with Crippen molar-refractivity contribution in [1.29, 1.82) is 0 Å². The van der Waals surface area contributed by atoms with Gasteiger partial charge in [-0.25, -0.2) is 5.84 Å². The van der Waals surface area contributed by atoms with Crippen molar-refractivity contribution in [3.8, 4) is 5.75 Å². The number of nitrogens with one attached hydrogen (secondary N) is 1. The minimum Gasteiger partial charge on any atom is -0.493 e. The third-order valence-electron chi connectivity index (χ3n) is 4.12. The maximum absolute atomic E-state index is 12.2. The first-order valence-corrected chi connectivity index (χ1v) is 8.24. The Bertz CT molecular complexity index is 627. The average molecular weight is 348 g/mol. The molecule has 2 rings (SSSR count). The summed E-state index contributed by atoms with van der Waals surface area (Å²) in [5.74, 6) is 4.96. The highest BCUT2D eigenvalue weighted by Gasteiger charge is 2.24. The number of carbonyl (C=O) groups excluding carboxylic acids is 3. The zero-order valence-electron chi connectivity index (χ0n) is 14.4. The first kappa shape index (κ1) is 18.7. The average Bonchev–Trinajstić information content (AvgIpc) is 2.63. The monoisotopic (exact) mass is 348 g/mol. The number of hydrogen-bond acceptors (Lipinski definition) is 5. The Morgan fingerprint density at radius 2 is 1.68 bits per heavy atom. The van der Waals surface area contributed by atoms with Crippen molar-refractivity contribution in [1.82, 2.24) is 15.2 Å². The molecule has 1 aromatic carbocycles. The summed E-state index contributed by atoms with van der Waals surface area (Å²) in [6.07, 6.45) is 0.0204. The van der Waals surface area contributed by atoms with Crippen LogP contribution in [0.25, 0.3) is 0 Å². The molecule has 8 heteroatoms. The number of nitrogens with two attached hydrogens (primary N) is 1. The van der Waals surface area contributed by atoms with Gasteiger partial charge in [-0.05, 0) is 18.6 Å². The number of rotatable bonds is 6. The van der Waals surface area contributed by atoms with Crippen molar-refractivity contribution in [2.24, 2.45) is 5.84 Å². The summed E-state index contributed by atoms with van der Waals surface area (Å²) in [6.45, 7) is 4.03. The number of hydrazine groups is 1. The van der Waals surface area contributed by atoms with E-state index in [4.69, 9.17) is 10.6 Å².